The summed E-state index contributed by atoms with van der Waals surface area (Å²) in [6.07, 6.45) is 1.88. The van der Waals surface area contributed by atoms with E-state index in [2.05, 4.69) is 15.3 Å². The van der Waals surface area contributed by atoms with Gasteiger partial charge in [0.15, 0.2) is 5.16 Å². The van der Waals surface area contributed by atoms with Gasteiger partial charge in [-0.3, -0.25) is 0 Å². The Morgan fingerprint density at radius 2 is 2.00 bits per heavy atom. The number of aromatic nitrogens is 2. The van der Waals surface area contributed by atoms with E-state index >= 15 is 0 Å². The highest BCUT2D eigenvalue weighted by Crippen LogP contribution is 2.27. The van der Waals surface area contributed by atoms with E-state index in [1.165, 1.54) is 11.8 Å². The largest absolute Gasteiger partial charge is 0.497 e. The number of thioether (sulfide) groups is 1. The third-order valence-electron chi connectivity index (χ3n) is 3.67. The van der Waals surface area contributed by atoms with Crippen molar-refractivity contribution in [1.82, 2.24) is 9.97 Å². The highest BCUT2D eigenvalue weighted by Gasteiger charge is 2.20. The predicted molar refractivity (Wildman–Crippen MR) is 101 cm³/mol. The second kappa shape index (κ2) is 9.28. The predicted octanol–water partition coefficient (Wildman–Crippen LogP) is 3.31. The molecule has 0 amide bonds. The molecule has 0 atom stereocenters. The van der Waals surface area contributed by atoms with Crippen LogP contribution in [-0.4, -0.2) is 43.0 Å². The molecular weight excluding hydrogens is 354 g/mol. The summed E-state index contributed by atoms with van der Waals surface area (Å²) in [5.41, 5.74) is 1.83. The molecular formula is C18H23N3O4S. The van der Waals surface area contributed by atoms with Crippen LogP contribution in [-0.2, 0) is 11.3 Å². The molecule has 2 aromatic rings. The molecule has 1 aromatic carbocycles. The molecule has 1 heterocycles. The van der Waals surface area contributed by atoms with Gasteiger partial charge in [0.1, 0.15) is 22.9 Å². The molecule has 8 heteroatoms. The lowest BCUT2D eigenvalue weighted by atomic mass is 10.1. The molecule has 0 aliphatic rings. The zero-order chi connectivity index (χ0) is 19.1. The first kappa shape index (κ1) is 19.8. The van der Waals surface area contributed by atoms with Crippen molar-refractivity contribution in [2.45, 2.75) is 25.5 Å². The SMILES string of the molecule is CCOC(=O)c1c(C)nc(SC)nc1NCc1ccc(OC)cc1OC. The normalized spacial score (nSPS) is 10.3. The average Bonchev–Trinajstić information content (AvgIpc) is 2.65. The molecule has 0 unspecified atom stereocenters. The van der Waals surface area contributed by atoms with Crippen LogP contribution < -0.4 is 14.8 Å². The van der Waals surface area contributed by atoms with Gasteiger partial charge < -0.3 is 19.5 Å². The molecule has 2 rings (SSSR count). The fourth-order valence-electron chi connectivity index (χ4n) is 2.39. The Kier molecular flexibility index (Phi) is 7.08. The van der Waals surface area contributed by atoms with E-state index in [0.29, 0.717) is 40.3 Å². The van der Waals surface area contributed by atoms with Crippen molar-refractivity contribution in [2.75, 3.05) is 32.4 Å². The summed E-state index contributed by atoms with van der Waals surface area (Å²) in [5.74, 6) is 1.39. The maximum Gasteiger partial charge on any atom is 0.343 e. The van der Waals surface area contributed by atoms with Gasteiger partial charge >= 0.3 is 5.97 Å². The van der Waals surface area contributed by atoms with Crippen molar-refractivity contribution in [3.63, 3.8) is 0 Å². The fourth-order valence-corrected chi connectivity index (χ4v) is 2.80. The highest BCUT2D eigenvalue weighted by atomic mass is 32.2. The minimum absolute atomic E-state index is 0.286. The van der Waals surface area contributed by atoms with Gasteiger partial charge in [0.25, 0.3) is 0 Å². The van der Waals surface area contributed by atoms with Gasteiger partial charge in [-0.25, -0.2) is 14.8 Å². The zero-order valence-electron chi connectivity index (χ0n) is 15.6. The fraction of sp³-hybridized carbons (Fsp3) is 0.389. The van der Waals surface area contributed by atoms with Gasteiger partial charge in [-0.2, -0.15) is 0 Å². The second-order valence-electron chi connectivity index (χ2n) is 5.27. The zero-order valence-corrected chi connectivity index (χ0v) is 16.4. The topological polar surface area (TPSA) is 82.6 Å². The Labute approximate surface area is 157 Å². The van der Waals surface area contributed by atoms with Crippen LogP contribution >= 0.6 is 11.8 Å². The maximum atomic E-state index is 12.3. The van der Waals surface area contributed by atoms with Crippen LogP contribution in [0.25, 0.3) is 0 Å². The third kappa shape index (κ3) is 4.57. The monoisotopic (exact) mass is 377 g/mol. The average molecular weight is 377 g/mol. The van der Waals surface area contributed by atoms with Crippen molar-refractivity contribution in [3.05, 3.63) is 35.0 Å². The Hall–Kier alpha value is -2.48. The maximum absolute atomic E-state index is 12.3. The second-order valence-corrected chi connectivity index (χ2v) is 6.04. The van der Waals surface area contributed by atoms with Gasteiger partial charge in [0.2, 0.25) is 0 Å². The number of rotatable bonds is 8. The molecule has 0 aliphatic heterocycles. The van der Waals surface area contributed by atoms with Crippen molar-refractivity contribution < 1.29 is 19.0 Å². The van der Waals surface area contributed by atoms with Gasteiger partial charge in [0.05, 0.1) is 26.5 Å². The number of methoxy groups -OCH3 is 2. The van der Waals surface area contributed by atoms with Crippen molar-refractivity contribution in [1.29, 1.82) is 0 Å². The lowest BCUT2D eigenvalue weighted by Crippen LogP contribution is -2.15. The van der Waals surface area contributed by atoms with Gasteiger partial charge in [-0.1, -0.05) is 11.8 Å². The van der Waals surface area contributed by atoms with Crippen LogP contribution in [0, 0.1) is 6.92 Å². The standard InChI is InChI=1S/C18H23N3O4S/c1-6-25-17(22)15-11(2)20-18(26-5)21-16(15)19-10-12-7-8-13(23-3)9-14(12)24-4/h7-9H,6,10H2,1-5H3,(H,19,20,21). The van der Waals surface area contributed by atoms with Crippen molar-refractivity contribution in [3.8, 4) is 11.5 Å². The lowest BCUT2D eigenvalue weighted by Gasteiger charge is -2.15. The molecule has 1 N–H and O–H groups in total. The molecule has 0 saturated carbocycles. The quantitative estimate of drug-likeness (QED) is 0.426. The Bertz CT molecular complexity index is 783. The lowest BCUT2D eigenvalue weighted by molar-refractivity contribution is 0.0525. The number of ether oxygens (including phenoxy) is 3. The van der Waals surface area contributed by atoms with Crippen molar-refractivity contribution >= 4 is 23.5 Å². The number of nitrogens with one attached hydrogen (secondary N) is 1. The molecule has 26 heavy (non-hydrogen) atoms. The van der Waals surface area contributed by atoms with E-state index in [1.807, 2.05) is 24.5 Å². The van der Waals surface area contributed by atoms with Crippen LogP contribution in [0.2, 0.25) is 0 Å². The van der Waals surface area contributed by atoms with Gasteiger partial charge in [-0.05, 0) is 32.2 Å². The Morgan fingerprint density at radius 1 is 1.23 bits per heavy atom. The number of carbonyl (C=O) groups excluding carboxylic acids is 1. The van der Waals surface area contributed by atoms with E-state index in [4.69, 9.17) is 14.2 Å². The number of anilines is 1. The number of esters is 1. The minimum Gasteiger partial charge on any atom is -0.497 e. The molecule has 1 aromatic heterocycles. The number of aryl methyl sites for hydroxylation is 1. The van der Waals surface area contributed by atoms with Crippen LogP contribution in [0.4, 0.5) is 5.82 Å². The first-order valence-electron chi connectivity index (χ1n) is 8.08. The Morgan fingerprint density at radius 3 is 2.62 bits per heavy atom. The number of nitrogens with zero attached hydrogens (tertiary/aromatic N) is 2. The number of hydrogen-bond acceptors (Lipinski definition) is 8. The molecule has 0 radical (unpaired) electrons. The van der Waals surface area contributed by atoms with Gasteiger partial charge in [0, 0.05) is 18.2 Å². The molecule has 0 spiro atoms. The summed E-state index contributed by atoms with van der Waals surface area (Å²) in [5, 5.41) is 3.79. The number of benzene rings is 1. The summed E-state index contributed by atoms with van der Waals surface area (Å²) < 4.78 is 15.8. The van der Waals surface area contributed by atoms with Crippen LogP contribution in [0.15, 0.2) is 23.4 Å². The van der Waals surface area contributed by atoms with Crippen LogP contribution in [0.3, 0.4) is 0 Å². The highest BCUT2D eigenvalue weighted by molar-refractivity contribution is 7.98. The molecule has 140 valence electrons. The van der Waals surface area contributed by atoms with Crippen molar-refractivity contribution in [2.24, 2.45) is 0 Å². The van der Waals surface area contributed by atoms with E-state index in [1.54, 1.807) is 28.1 Å². The summed E-state index contributed by atoms with van der Waals surface area (Å²) in [6.45, 7) is 4.24. The van der Waals surface area contributed by atoms with Crippen LogP contribution in [0.1, 0.15) is 28.5 Å². The molecule has 7 nitrogen and oxygen atoms in total. The van der Waals surface area contributed by atoms with E-state index in [9.17, 15) is 4.79 Å². The molecule has 0 saturated heterocycles. The third-order valence-corrected chi connectivity index (χ3v) is 4.22. The summed E-state index contributed by atoms with van der Waals surface area (Å²) in [7, 11) is 3.20. The molecule has 0 aliphatic carbocycles. The van der Waals surface area contributed by atoms with Crippen LogP contribution in [0.5, 0.6) is 11.5 Å². The van der Waals surface area contributed by atoms with Gasteiger partial charge in [-0.15, -0.1) is 0 Å². The van der Waals surface area contributed by atoms with E-state index in [0.717, 1.165) is 5.56 Å². The summed E-state index contributed by atoms with van der Waals surface area (Å²) >= 11 is 1.41. The molecule has 0 fully saturated rings. The number of carbonyl (C=O) groups is 1. The first-order valence-corrected chi connectivity index (χ1v) is 9.31. The summed E-state index contributed by atoms with van der Waals surface area (Å²) in [4.78, 5) is 21.1. The molecule has 0 bridgehead atoms. The first-order chi connectivity index (χ1) is 12.5. The minimum atomic E-state index is -0.443. The van der Waals surface area contributed by atoms with E-state index < -0.39 is 5.97 Å². The Balaban J connectivity index is 2.33. The van der Waals surface area contributed by atoms with E-state index in [-0.39, 0.29) is 6.61 Å². The smallest absolute Gasteiger partial charge is 0.343 e. The summed E-state index contributed by atoms with van der Waals surface area (Å²) in [6, 6.07) is 5.56. The number of hydrogen-bond donors (Lipinski definition) is 1.